The second kappa shape index (κ2) is 10.1. The van der Waals surface area contributed by atoms with Crippen molar-refractivity contribution in [3.8, 4) is 0 Å². The molecule has 6 nitrogen and oxygen atoms in total. The Morgan fingerprint density at radius 1 is 0.971 bits per heavy atom. The van der Waals surface area contributed by atoms with Crippen LogP contribution in [0.3, 0.4) is 0 Å². The number of hydrogen-bond donors (Lipinski definition) is 0. The Morgan fingerprint density at radius 2 is 1.65 bits per heavy atom. The van der Waals surface area contributed by atoms with E-state index in [1.165, 1.54) is 6.42 Å². The van der Waals surface area contributed by atoms with E-state index in [9.17, 15) is 9.59 Å². The number of rotatable bonds is 4. The highest BCUT2D eigenvalue weighted by Gasteiger charge is 2.31. The van der Waals surface area contributed by atoms with Crippen molar-refractivity contribution < 1.29 is 14.3 Å². The monoisotopic (exact) mass is 463 g/mol. The van der Waals surface area contributed by atoms with Crippen LogP contribution in [-0.2, 0) is 9.53 Å². The van der Waals surface area contributed by atoms with Crippen LogP contribution in [0.15, 0.2) is 48.5 Å². The first-order valence-corrected chi connectivity index (χ1v) is 12.5. The van der Waals surface area contributed by atoms with E-state index < -0.39 is 5.60 Å². The Labute approximate surface area is 203 Å². The number of amides is 2. The Morgan fingerprint density at radius 3 is 2.26 bits per heavy atom. The van der Waals surface area contributed by atoms with Gasteiger partial charge in [0.2, 0.25) is 5.91 Å². The molecule has 0 atom stereocenters. The number of carbonyl (C=O) groups is 2. The largest absolute Gasteiger partial charge is 0.443 e. The third-order valence-electron chi connectivity index (χ3n) is 6.65. The summed E-state index contributed by atoms with van der Waals surface area (Å²) in [5.41, 5.74) is 3.41. The molecule has 2 aromatic carbocycles. The number of ether oxygens (including phenoxy) is 1. The summed E-state index contributed by atoms with van der Waals surface area (Å²) >= 11 is 0. The normalized spacial score (nSPS) is 17.6. The summed E-state index contributed by atoms with van der Waals surface area (Å²) in [6, 6.07) is 16.2. The lowest BCUT2D eigenvalue weighted by molar-refractivity contribution is -0.117. The van der Waals surface area contributed by atoms with Gasteiger partial charge in [0.15, 0.2) is 0 Å². The molecule has 0 bridgehead atoms. The smallest absolute Gasteiger partial charge is 0.415 e. The lowest BCUT2D eigenvalue weighted by Gasteiger charge is -2.37. The van der Waals surface area contributed by atoms with Gasteiger partial charge in [-0.15, -0.1) is 0 Å². The van der Waals surface area contributed by atoms with E-state index >= 15 is 0 Å². The van der Waals surface area contributed by atoms with Gasteiger partial charge in [0.25, 0.3) is 0 Å². The standard InChI is InChI=1S/C28H37N3O3/c1-21-10-8-9-13-25(21)30-19-18-29(20-26(30)32)22-14-16-24(17-15-22)31(23-11-6-5-7-12-23)27(33)34-28(2,3)4/h8-10,13-17,23H,5-7,11-12,18-20H2,1-4H3. The molecule has 0 unspecified atom stereocenters. The number of carbonyl (C=O) groups excluding carboxylic acids is 2. The van der Waals surface area contributed by atoms with Gasteiger partial charge in [0, 0.05) is 36.2 Å². The highest BCUT2D eigenvalue weighted by molar-refractivity contribution is 5.98. The molecule has 4 rings (SSSR count). The van der Waals surface area contributed by atoms with Crippen LogP contribution in [-0.4, -0.2) is 43.3 Å². The van der Waals surface area contributed by atoms with Gasteiger partial charge in [-0.1, -0.05) is 37.5 Å². The average molecular weight is 464 g/mol. The molecule has 182 valence electrons. The summed E-state index contributed by atoms with van der Waals surface area (Å²) < 4.78 is 5.76. The molecule has 0 spiro atoms. The zero-order chi connectivity index (χ0) is 24.3. The van der Waals surface area contributed by atoms with Crippen LogP contribution >= 0.6 is 0 Å². The van der Waals surface area contributed by atoms with Crippen LogP contribution in [0, 0.1) is 6.92 Å². The number of anilines is 3. The van der Waals surface area contributed by atoms with Gasteiger partial charge in [-0.25, -0.2) is 4.79 Å². The average Bonchev–Trinajstić information content (AvgIpc) is 2.80. The zero-order valence-electron chi connectivity index (χ0n) is 20.9. The summed E-state index contributed by atoms with van der Waals surface area (Å²) in [6.45, 7) is 9.50. The summed E-state index contributed by atoms with van der Waals surface area (Å²) in [5, 5.41) is 0. The Bertz CT molecular complexity index is 1010. The third-order valence-corrected chi connectivity index (χ3v) is 6.65. The second-order valence-corrected chi connectivity index (χ2v) is 10.4. The molecule has 6 heteroatoms. The topological polar surface area (TPSA) is 53.1 Å². The molecule has 0 N–H and O–H groups in total. The van der Waals surface area contributed by atoms with Gasteiger partial charge >= 0.3 is 6.09 Å². The minimum absolute atomic E-state index is 0.0993. The molecule has 0 radical (unpaired) electrons. The first-order valence-electron chi connectivity index (χ1n) is 12.5. The van der Waals surface area contributed by atoms with Crippen molar-refractivity contribution in [2.75, 3.05) is 34.3 Å². The number of para-hydroxylation sites is 1. The molecular formula is C28H37N3O3. The van der Waals surface area contributed by atoms with Crippen molar-refractivity contribution in [3.63, 3.8) is 0 Å². The molecule has 2 amide bonds. The lowest BCUT2D eigenvalue weighted by Crippen LogP contribution is -2.50. The number of nitrogens with zero attached hydrogens (tertiary/aromatic N) is 3. The van der Waals surface area contributed by atoms with E-state index in [-0.39, 0.29) is 18.0 Å². The van der Waals surface area contributed by atoms with E-state index in [4.69, 9.17) is 4.74 Å². The third kappa shape index (κ3) is 5.54. The van der Waals surface area contributed by atoms with E-state index in [1.54, 1.807) is 0 Å². The second-order valence-electron chi connectivity index (χ2n) is 10.4. The predicted molar refractivity (Wildman–Crippen MR) is 138 cm³/mol. The Balaban J connectivity index is 1.49. The van der Waals surface area contributed by atoms with Gasteiger partial charge in [-0.3, -0.25) is 9.69 Å². The van der Waals surface area contributed by atoms with Gasteiger partial charge in [-0.05, 0) is 76.4 Å². The molecule has 34 heavy (non-hydrogen) atoms. The number of benzene rings is 2. The summed E-state index contributed by atoms with van der Waals surface area (Å²) in [5.74, 6) is 0.0993. The van der Waals surface area contributed by atoms with E-state index in [0.29, 0.717) is 13.1 Å². The van der Waals surface area contributed by atoms with Crippen molar-refractivity contribution in [3.05, 3.63) is 54.1 Å². The van der Waals surface area contributed by atoms with Crippen LogP contribution in [0.2, 0.25) is 0 Å². The first-order chi connectivity index (χ1) is 16.2. The molecule has 1 heterocycles. The van der Waals surface area contributed by atoms with Crippen molar-refractivity contribution in [1.29, 1.82) is 0 Å². The van der Waals surface area contributed by atoms with E-state index in [0.717, 1.165) is 54.9 Å². The Hall–Kier alpha value is -3.02. The van der Waals surface area contributed by atoms with Crippen LogP contribution in [0.5, 0.6) is 0 Å². The fourth-order valence-electron chi connectivity index (χ4n) is 4.95. The van der Waals surface area contributed by atoms with Crippen molar-refractivity contribution in [2.24, 2.45) is 0 Å². The highest BCUT2D eigenvalue weighted by atomic mass is 16.6. The predicted octanol–water partition coefficient (Wildman–Crippen LogP) is 5.92. The van der Waals surface area contributed by atoms with Crippen molar-refractivity contribution in [2.45, 2.75) is 71.4 Å². The maximum atomic E-state index is 13.1. The van der Waals surface area contributed by atoms with Crippen LogP contribution < -0.4 is 14.7 Å². The van der Waals surface area contributed by atoms with Crippen molar-refractivity contribution >= 4 is 29.1 Å². The molecule has 1 aliphatic heterocycles. The lowest BCUT2D eigenvalue weighted by atomic mass is 9.94. The van der Waals surface area contributed by atoms with E-state index in [2.05, 4.69) is 4.90 Å². The van der Waals surface area contributed by atoms with Crippen LogP contribution in [0.4, 0.5) is 21.9 Å². The molecule has 1 saturated heterocycles. The quantitative estimate of drug-likeness (QED) is 0.565. The van der Waals surface area contributed by atoms with Gasteiger partial charge in [0.1, 0.15) is 5.60 Å². The molecule has 1 saturated carbocycles. The highest BCUT2D eigenvalue weighted by Crippen LogP contribution is 2.31. The fraction of sp³-hybridized carbons (Fsp3) is 0.500. The Kier molecular flexibility index (Phi) is 7.15. The van der Waals surface area contributed by atoms with Crippen LogP contribution in [0.25, 0.3) is 0 Å². The zero-order valence-corrected chi connectivity index (χ0v) is 20.9. The minimum Gasteiger partial charge on any atom is -0.443 e. The van der Waals surface area contributed by atoms with Crippen molar-refractivity contribution in [1.82, 2.24) is 0 Å². The molecule has 2 aliphatic rings. The molecule has 2 aromatic rings. The maximum absolute atomic E-state index is 13.1. The molecular weight excluding hydrogens is 426 g/mol. The summed E-state index contributed by atoms with van der Waals surface area (Å²) in [4.78, 5) is 31.9. The first kappa shape index (κ1) is 24.1. The van der Waals surface area contributed by atoms with Gasteiger partial charge in [0.05, 0.1) is 6.54 Å². The summed E-state index contributed by atoms with van der Waals surface area (Å²) in [6.07, 6.45) is 5.20. The molecule has 2 fully saturated rings. The number of aryl methyl sites for hydroxylation is 1. The van der Waals surface area contributed by atoms with Gasteiger partial charge < -0.3 is 14.5 Å². The maximum Gasteiger partial charge on any atom is 0.415 e. The number of hydrogen-bond acceptors (Lipinski definition) is 4. The minimum atomic E-state index is -0.541. The molecule has 1 aliphatic carbocycles. The summed E-state index contributed by atoms with van der Waals surface area (Å²) in [7, 11) is 0. The molecule has 0 aromatic heterocycles. The van der Waals surface area contributed by atoms with E-state index in [1.807, 2.05) is 86.0 Å². The fourth-order valence-corrected chi connectivity index (χ4v) is 4.95. The number of piperazine rings is 1. The SMILES string of the molecule is Cc1ccccc1N1CCN(c2ccc(N(C(=O)OC(C)(C)C)C3CCCCC3)cc2)CC1=O. The van der Waals surface area contributed by atoms with Crippen LogP contribution in [0.1, 0.15) is 58.4 Å². The van der Waals surface area contributed by atoms with Gasteiger partial charge in [-0.2, -0.15) is 0 Å².